The Morgan fingerprint density at radius 2 is 2.10 bits per heavy atom. The van der Waals surface area contributed by atoms with Gasteiger partial charge in [-0.25, -0.2) is 4.98 Å². The van der Waals surface area contributed by atoms with Gasteiger partial charge in [-0.15, -0.1) is 0 Å². The first kappa shape index (κ1) is 15.7. The van der Waals surface area contributed by atoms with Gasteiger partial charge in [0, 0.05) is 12.7 Å². The number of alkyl halides is 3. The van der Waals surface area contributed by atoms with Crippen LogP contribution in [-0.2, 0) is 4.79 Å². The Kier molecular flexibility index (Phi) is 5.30. The number of carboxylic acids is 1. The molecule has 0 fully saturated rings. The molecule has 1 aromatic rings. The summed E-state index contributed by atoms with van der Waals surface area (Å²) in [5.74, 6) is -2.32. The van der Waals surface area contributed by atoms with Gasteiger partial charge in [0.15, 0.2) is 6.61 Å². The van der Waals surface area contributed by atoms with Crippen LogP contribution < -0.4 is 10.1 Å². The van der Waals surface area contributed by atoms with Crippen LogP contribution in [0.5, 0.6) is 5.88 Å². The molecule has 0 atom stereocenters. The maximum Gasteiger partial charge on any atom is 0.422 e. The topological polar surface area (TPSA) is 88.5 Å². The summed E-state index contributed by atoms with van der Waals surface area (Å²) in [4.78, 5) is 25.5. The van der Waals surface area contributed by atoms with Crippen molar-refractivity contribution < 1.29 is 32.6 Å². The minimum absolute atomic E-state index is 0.151. The predicted octanol–water partition coefficient (Wildman–Crippen LogP) is 1.23. The van der Waals surface area contributed by atoms with Crippen molar-refractivity contribution in [3.63, 3.8) is 0 Å². The molecule has 0 saturated heterocycles. The third kappa shape index (κ3) is 5.55. The molecule has 0 saturated carbocycles. The summed E-state index contributed by atoms with van der Waals surface area (Å²) in [6.07, 6.45) is -3.67. The fraction of sp³-hybridized carbons (Fsp3) is 0.364. The lowest BCUT2D eigenvalue weighted by Crippen LogP contribution is -2.27. The fourth-order valence-corrected chi connectivity index (χ4v) is 1.21. The summed E-state index contributed by atoms with van der Waals surface area (Å²) >= 11 is 0. The maximum absolute atomic E-state index is 12.0. The van der Waals surface area contributed by atoms with Crippen LogP contribution in [0, 0.1) is 0 Å². The van der Waals surface area contributed by atoms with Crippen LogP contribution >= 0.6 is 0 Å². The third-order valence-corrected chi connectivity index (χ3v) is 2.01. The molecule has 0 aliphatic rings. The highest BCUT2D eigenvalue weighted by Crippen LogP contribution is 2.19. The summed E-state index contributed by atoms with van der Waals surface area (Å²) in [7, 11) is 0. The summed E-state index contributed by atoms with van der Waals surface area (Å²) in [5.41, 5.74) is -0.192. The van der Waals surface area contributed by atoms with Crippen LogP contribution in [0.1, 0.15) is 16.8 Å². The second-order valence-electron chi connectivity index (χ2n) is 3.66. The normalized spacial score (nSPS) is 10.9. The largest absolute Gasteiger partial charge is 0.481 e. The molecular weight excluding hydrogens is 281 g/mol. The highest BCUT2D eigenvalue weighted by atomic mass is 19.4. The highest BCUT2D eigenvalue weighted by Gasteiger charge is 2.29. The van der Waals surface area contributed by atoms with E-state index in [0.29, 0.717) is 0 Å². The van der Waals surface area contributed by atoms with E-state index < -0.39 is 30.5 Å². The average molecular weight is 292 g/mol. The van der Waals surface area contributed by atoms with E-state index in [0.717, 1.165) is 0 Å². The number of nitrogens with one attached hydrogen (secondary N) is 1. The van der Waals surface area contributed by atoms with Crippen LogP contribution in [0.15, 0.2) is 18.3 Å². The minimum Gasteiger partial charge on any atom is -0.481 e. The van der Waals surface area contributed by atoms with Gasteiger partial charge in [-0.2, -0.15) is 13.2 Å². The molecule has 0 spiro atoms. The Labute approximate surface area is 111 Å². The number of nitrogens with zero attached hydrogens (tertiary/aromatic N) is 1. The van der Waals surface area contributed by atoms with Crippen molar-refractivity contribution in [1.29, 1.82) is 0 Å². The van der Waals surface area contributed by atoms with Crippen molar-refractivity contribution in [2.75, 3.05) is 13.2 Å². The van der Waals surface area contributed by atoms with Crippen LogP contribution in [0.2, 0.25) is 0 Å². The number of hydrogen-bond donors (Lipinski definition) is 2. The molecule has 0 unspecified atom stereocenters. The monoisotopic (exact) mass is 292 g/mol. The average Bonchev–Trinajstić information content (AvgIpc) is 2.35. The Hall–Kier alpha value is -2.32. The second kappa shape index (κ2) is 6.73. The zero-order valence-electron chi connectivity index (χ0n) is 10.1. The smallest absolute Gasteiger partial charge is 0.422 e. The van der Waals surface area contributed by atoms with Crippen LogP contribution in [0.3, 0.4) is 0 Å². The zero-order chi connectivity index (χ0) is 15.2. The van der Waals surface area contributed by atoms with Crippen molar-refractivity contribution in [3.8, 4) is 5.88 Å². The molecule has 0 aliphatic carbocycles. The number of halogens is 3. The van der Waals surface area contributed by atoms with E-state index in [-0.39, 0.29) is 18.5 Å². The molecular formula is C11H11F3N2O4. The number of aromatic nitrogens is 1. The highest BCUT2D eigenvalue weighted by molar-refractivity contribution is 5.96. The number of carbonyl (C=O) groups excluding carboxylic acids is 1. The lowest BCUT2D eigenvalue weighted by molar-refractivity contribution is -0.154. The number of aliphatic carboxylic acids is 1. The number of carboxylic acid groups (broad SMARTS) is 1. The van der Waals surface area contributed by atoms with E-state index in [2.05, 4.69) is 15.0 Å². The van der Waals surface area contributed by atoms with Crippen molar-refractivity contribution >= 4 is 11.9 Å². The van der Waals surface area contributed by atoms with Gasteiger partial charge < -0.3 is 15.2 Å². The van der Waals surface area contributed by atoms with E-state index in [1.165, 1.54) is 18.3 Å². The first-order valence-corrected chi connectivity index (χ1v) is 5.44. The van der Waals surface area contributed by atoms with E-state index >= 15 is 0 Å². The van der Waals surface area contributed by atoms with Gasteiger partial charge in [-0.05, 0) is 12.1 Å². The molecule has 0 aliphatic heterocycles. The van der Waals surface area contributed by atoms with E-state index in [1.54, 1.807) is 0 Å². The van der Waals surface area contributed by atoms with Gasteiger partial charge >= 0.3 is 12.1 Å². The van der Waals surface area contributed by atoms with E-state index in [9.17, 15) is 22.8 Å². The molecule has 20 heavy (non-hydrogen) atoms. The number of ether oxygens (including phenoxy) is 1. The number of amides is 1. The lowest BCUT2D eigenvalue weighted by atomic mass is 10.2. The zero-order valence-corrected chi connectivity index (χ0v) is 10.1. The lowest BCUT2D eigenvalue weighted by Gasteiger charge is -2.11. The molecule has 1 aromatic heterocycles. The molecule has 0 aromatic carbocycles. The maximum atomic E-state index is 12.0. The molecule has 0 radical (unpaired) electrons. The van der Waals surface area contributed by atoms with E-state index in [1.807, 2.05) is 0 Å². The molecule has 6 nitrogen and oxygen atoms in total. The van der Waals surface area contributed by atoms with Gasteiger partial charge in [-0.3, -0.25) is 9.59 Å². The number of hydrogen-bond acceptors (Lipinski definition) is 4. The predicted molar refractivity (Wildman–Crippen MR) is 60.4 cm³/mol. The van der Waals surface area contributed by atoms with Gasteiger partial charge in [0.1, 0.15) is 5.56 Å². The summed E-state index contributed by atoms with van der Waals surface area (Å²) in [6.45, 7) is -1.72. The summed E-state index contributed by atoms with van der Waals surface area (Å²) < 4.78 is 40.6. The standard InChI is InChI=1S/C11H11F3N2O4/c12-11(13,14)6-20-10-7(2-1-4-16-10)9(19)15-5-3-8(17)18/h1-2,4H,3,5-6H2,(H,15,19)(H,17,18). The molecule has 2 N–H and O–H groups in total. The second-order valence-corrected chi connectivity index (χ2v) is 3.66. The first-order valence-electron chi connectivity index (χ1n) is 5.44. The Bertz CT molecular complexity index is 491. The van der Waals surface area contributed by atoms with E-state index in [4.69, 9.17) is 5.11 Å². The Morgan fingerprint density at radius 1 is 1.40 bits per heavy atom. The summed E-state index contributed by atoms with van der Waals surface area (Å²) in [6, 6.07) is 2.58. The summed E-state index contributed by atoms with van der Waals surface area (Å²) in [5, 5.41) is 10.7. The van der Waals surface area contributed by atoms with Crippen LogP contribution in [-0.4, -0.2) is 41.3 Å². The molecule has 0 bridgehead atoms. The third-order valence-electron chi connectivity index (χ3n) is 2.01. The molecule has 110 valence electrons. The van der Waals surface area contributed by atoms with Crippen molar-refractivity contribution in [3.05, 3.63) is 23.9 Å². The van der Waals surface area contributed by atoms with Crippen molar-refractivity contribution in [1.82, 2.24) is 10.3 Å². The Morgan fingerprint density at radius 3 is 2.70 bits per heavy atom. The van der Waals surface area contributed by atoms with Gasteiger partial charge in [0.2, 0.25) is 5.88 Å². The molecule has 1 heterocycles. The van der Waals surface area contributed by atoms with Gasteiger partial charge in [0.05, 0.1) is 6.42 Å². The number of rotatable bonds is 6. The SMILES string of the molecule is O=C(O)CCNC(=O)c1cccnc1OCC(F)(F)F. The van der Waals surface area contributed by atoms with Crippen molar-refractivity contribution in [2.24, 2.45) is 0 Å². The van der Waals surface area contributed by atoms with Crippen molar-refractivity contribution in [2.45, 2.75) is 12.6 Å². The first-order chi connectivity index (χ1) is 9.29. The Balaban J connectivity index is 2.69. The molecule has 9 heteroatoms. The number of pyridine rings is 1. The molecule has 1 rings (SSSR count). The quantitative estimate of drug-likeness (QED) is 0.823. The van der Waals surface area contributed by atoms with Crippen LogP contribution in [0.4, 0.5) is 13.2 Å². The minimum atomic E-state index is -4.55. The van der Waals surface area contributed by atoms with Gasteiger partial charge in [0.25, 0.3) is 5.91 Å². The van der Waals surface area contributed by atoms with Crippen LogP contribution in [0.25, 0.3) is 0 Å². The molecule has 1 amide bonds. The number of carbonyl (C=O) groups is 2. The fourth-order valence-electron chi connectivity index (χ4n) is 1.21. The van der Waals surface area contributed by atoms with Gasteiger partial charge in [-0.1, -0.05) is 0 Å².